The predicted octanol–water partition coefficient (Wildman–Crippen LogP) is 3.36. The fourth-order valence-electron chi connectivity index (χ4n) is 2.54. The van der Waals surface area contributed by atoms with Crippen molar-refractivity contribution in [2.75, 3.05) is 14.2 Å². The van der Waals surface area contributed by atoms with E-state index in [1.54, 1.807) is 26.4 Å². The summed E-state index contributed by atoms with van der Waals surface area (Å²) in [5, 5.41) is 8.46. The molecule has 0 radical (unpaired) electrons. The van der Waals surface area contributed by atoms with E-state index < -0.39 is 0 Å². The summed E-state index contributed by atoms with van der Waals surface area (Å²) in [5.74, 6) is 1.90. The molecule has 23 heavy (non-hydrogen) atoms. The fourth-order valence-corrected chi connectivity index (χ4v) is 3.53. The van der Waals surface area contributed by atoms with Crippen molar-refractivity contribution in [2.45, 2.75) is 36.2 Å². The molecule has 0 N–H and O–H groups in total. The average Bonchev–Trinajstić information content (AvgIpc) is 3.05. The summed E-state index contributed by atoms with van der Waals surface area (Å²) in [6.07, 6.45) is 3.57. The van der Waals surface area contributed by atoms with Crippen LogP contribution in [0, 0.1) is 0 Å². The quantitative estimate of drug-likeness (QED) is 0.830. The number of benzene rings is 1. The lowest BCUT2D eigenvalue weighted by Crippen LogP contribution is -2.21. The number of thioether (sulfide) groups is 1. The van der Waals surface area contributed by atoms with Gasteiger partial charge in [0, 0.05) is 12.0 Å². The fraction of sp³-hybridized carbons (Fsp3) is 0.438. The maximum absolute atomic E-state index is 11.9. The zero-order valence-electron chi connectivity index (χ0n) is 13.1. The van der Waals surface area contributed by atoms with Crippen LogP contribution in [0.4, 0.5) is 0 Å². The first-order valence-electron chi connectivity index (χ1n) is 7.46. The lowest BCUT2D eigenvalue weighted by molar-refractivity contribution is -0.119. The highest BCUT2D eigenvalue weighted by molar-refractivity contribution is 8.00. The first-order chi connectivity index (χ1) is 11.2. The highest BCUT2D eigenvalue weighted by atomic mass is 32.2. The summed E-state index contributed by atoms with van der Waals surface area (Å²) in [5.41, 5.74) is 0.747. The van der Waals surface area contributed by atoms with Crippen molar-refractivity contribution in [1.82, 2.24) is 10.2 Å². The van der Waals surface area contributed by atoms with Gasteiger partial charge in [-0.2, -0.15) is 0 Å². The van der Waals surface area contributed by atoms with Crippen LogP contribution < -0.4 is 9.47 Å². The van der Waals surface area contributed by atoms with Crippen LogP contribution in [0.2, 0.25) is 0 Å². The lowest BCUT2D eigenvalue weighted by Gasteiger charge is -2.17. The van der Waals surface area contributed by atoms with Crippen molar-refractivity contribution in [3.63, 3.8) is 0 Å². The number of ketones is 1. The number of carbonyl (C=O) groups is 1. The van der Waals surface area contributed by atoms with Crippen molar-refractivity contribution in [3.8, 4) is 23.0 Å². The van der Waals surface area contributed by atoms with Crippen LogP contribution in [0.15, 0.2) is 27.8 Å². The van der Waals surface area contributed by atoms with Crippen molar-refractivity contribution >= 4 is 17.5 Å². The molecule has 1 fully saturated rings. The standard InChI is InChI=1S/C16H18N2O4S/c1-20-12-8-7-10(9-13(12)21-2)15-17-18-16(22-15)23-14-6-4-3-5-11(14)19/h7-9,14H,3-6H2,1-2H3. The SMILES string of the molecule is COc1ccc(-c2nnc(SC3CCCCC3=O)o2)cc1OC. The summed E-state index contributed by atoms with van der Waals surface area (Å²) >= 11 is 1.36. The van der Waals surface area contributed by atoms with Gasteiger partial charge < -0.3 is 13.9 Å². The van der Waals surface area contributed by atoms with E-state index >= 15 is 0 Å². The summed E-state index contributed by atoms with van der Waals surface area (Å²) in [6, 6.07) is 5.40. The Kier molecular flexibility index (Phi) is 4.85. The molecule has 3 rings (SSSR count). The monoisotopic (exact) mass is 334 g/mol. The number of methoxy groups -OCH3 is 2. The molecule has 1 heterocycles. The minimum atomic E-state index is -0.0672. The zero-order chi connectivity index (χ0) is 16.2. The van der Waals surface area contributed by atoms with Crippen LogP contribution >= 0.6 is 11.8 Å². The Labute approximate surface area is 138 Å². The number of hydrogen-bond donors (Lipinski definition) is 0. The van der Waals surface area contributed by atoms with Gasteiger partial charge in [0.25, 0.3) is 5.22 Å². The normalized spacial score (nSPS) is 18.0. The summed E-state index contributed by atoms with van der Waals surface area (Å²) < 4.78 is 16.2. The molecule has 1 aromatic heterocycles. The molecule has 1 aromatic carbocycles. The van der Waals surface area contributed by atoms with Gasteiger partial charge in [0.1, 0.15) is 5.78 Å². The minimum absolute atomic E-state index is 0.0672. The van der Waals surface area contributed by atoms with E-state index in [0.717, 1.165) is 24.8 Å². The molecule has 7 heteroatoms. The van der Waals surface area contributed by atoms with E-state index in [2.05, 4.69) is 10.2 Å². The minimum Gasteiger partial charge on any atom is -0.493 e. The maximum atomic E-state index is 11.9. The highest BCUT2D eigenvalue weighted by Crippen LogP contribution is 2.35. The van der Waals surface area contributed by atoms with Crippen molar-refractivity contribution in [2.24, 2.45) is 0 Å². The van der Waals surface area contributed by atoms with Crippen molar-refractivity contribution in [1.29, 1.82) is 0 Å². The molecular formula is C16H18N2O4S. The lowest BCUT2D eigenvalue weighted by atomic mass is 9.99. The molecule has 122 valence electrons. The molecule has 1 saturated carbocycles. The molecule has 1 unspecified atom stereocenters. The van der Waals surface area contributed by atoms with Crippen LogP contribution in [-0.2, 0) is 4.79 Å². The molecule has 2 aromatic rings. The summed E-state index contributed by atoms with van der Waals surface area (Å²) in [6.45, 7) is 0. The second-order valence-corrected chi connectivity index (χ2v) is 6.42. The van der Waals surface area contributed by atoms with Crippen LogP contribution in [0.1, 0.15) is 25.7 Å². The number of ether oxygens (including phenoxy) is 2. The number of Topliss-reactive ketones (excluding diaryl/α,β-unsaturated/α-hetero) is 1. The zero-order valence-corrected chi connectivity index (χ0v) is 13.9. The Hall–Kier alpha value is -2.02. The molecule has 0 bridgehead atoms. The van der Waals surface area contributed by atoms with Gasteiger partial charge in [-0.15, -0.1) is 10.2 Å². The smallest absolute Gasteiger partial charge is 0.277 e. The number of hydrogen-bond acceptors (Lipinski definition) is 7. The second-order valence-electron chi connectivity index (χ2n) is 5.26. The number of aromatic nitrogens is 2. The predicted molar refractivity (Wildman–Crippen MR) is 86.0 cm³/mol. The molecular weight excluding hydrogens is 316 g/mol. The number of carbonyl (C=O) groups excluding carboxylic acids is 1. The molecule has 1 atom stereocenters. The third kappa shape index (κ3) is 3.50. The molecule has 6 nitrogen and oxygen atoms in total. The van der Waals surface area contributed by atoms with Gasteiger partial charge in [0.2, 0.25) is 5.89 Å². The van der Waals surface area contributed by atoms with Gasteiger partial charge in [-0.05, 0) is 31.0 Å². The molecule has 0 saturated heterocycles. The Bertz CT molecular complexity index is 701. The van der Waals surface area contributed by atoms with E-state index in [-0.39, 0.29) is 11.0 Å². The third-order valence-corrected chi connectivity index (χ3v) is 4.93. The molecule has 1 aliphatic rings. The highest BCUT2D eigenvalue weighted by Gasteiger charge is 2.25. The van der Waals surface area contributed by atoms with Gasteiger partial charge in [0.05, 0.1) is 19.5 Å². The van der Waals surface area contributed by atoms with E-state index in [9.17, 15) is 4.79 Å². The van der Waals surface area contributed by atoms with E-state index in [1.165, 1.54) is 11.8 Å². The van der Waals surface area contributed by atoms with Gasteiger partial charge in [-0.3, -0.25) is 4.79 Å². The first kappa shape index (κ1) is 15.9. The molecule has 0 spiro atoms. The van der Waals surface area contributed by atoms with Crippen LogP contribution in [-0.4, -0.2) is 35.5 Å². The van der Waals surface area contributed by atoms with Crippen molar-refractivity contribution in [3.05, 3.63) is 18.2 Å². The van der Waals surface area contributed by atoms with E-state index in [0.29, 0.717) is 29.0 Å². The number of rotatable bonds is 5. The second kappa shape index (κ2) is 7.04. The Morgan fingerprint density at radius 2 is 2.00 bits per heavy atom. The summed E-state index contributed by atoms with van der Waals surface area (Å²) in [4.78, 5) is 11.9. The third-order valence-electron chi connectivity index (χ3n) is 3.78. The van der Waals surface area contributed by atoms with Gasteiger partial charge in [-0.25, -0.2) is 0 Å². The van der Waals surface area contributed by atoms with Crippen LogP contribution in [0.5, 0.6) is 11.5 Å². The van der Waals surface area contributed by atoms with Gasteiger partial charge in [-0.1, -0.05) is 18.2 Å². The summed E-state index contributed by atoms with van der Waals surface area (Å²) in [7, 11) is 3.16. The van der Waals surface area contributed by atoms with Crippen LogP contribution in [0.25, 0.3) is 11.5 Å². The largest absolute Gasteiger partial charge is 0.493 e. The molecule has 1 aliphatic carbocycles. The molecule has 0 aliphatic heterocycles. The van der Waals surface area contributed by atoms with Crippen molar-refractivity contribution < 1.29 is 18.7 Å². The Morgan fingerprint density at radius 3 is 2.74 bits per heavy atom. The Balaban J connectivity index is 1.77. The molecule has 0 amide bonds. The average molecular weight is 334 g/mol. The van der Waals surface area contributed by atoms with E-state index in [1.807, 2.05) is 6.07 Å². The Morgan fingerprint density at radius 1 is 1.17 bits per heavy atom. The van der Waals surface area contributed by atoms with Gasteiger partial charge >= 0.3 is 0 Å². The maximum Gasteiger partial charge on any atom is 0.277 e. The number of nitrogens with zero attached hydrogens (tertiary/aromatic N) is 2. The van der Waals surface area contributed by atoms with Crippen LogP contribution in [0.3, 0.4) is 0 Å². The van der Waals surface area contributed by atoms with E-state index in [4.69, 9.17) is 13.9 Å². The van der Waals surface area contributed by atoms with Gasteiger partial charge in [0.15, 0.2) is 11.5 Å². The topological polar surface area (TPSA) is 74.5 Å². The first-order valence-corrected chi connectivity index (χ1v) is 8.34.